The second kappa shape index (κ2) is 10.6. The minimum Gasteiger partial charge on any atom is -0.507 e. The highest BCUT2D eigenvalue weighted by Gasteiger charge is 2.37. The fourth-order valence-corrected chi connectivity index (χ4v) is 6.01. The first-order valence-electron chi connectivity index (χ1n) is 11.5. The molecule has 0 amide bonds. The SMILES string of the molecule is CCc1ccc(C(Cc2ccccc2)C(c2ccc(N)c(C(C)O)c2O)S(N)(=O)=O)cc1CC. The number of aromatic hydroxyl groups is 1. The maximum atomic E-state index is 13.1. The molecular formula is C27H34N2O4S. The van der Waals surface area contributed by atoms with Gasteiger partial charge in [-0.05, 0) is 54.5 Å². The summed E-state index contributed by atoms with van der Waals surface area (Å²) in [5, 5.41) is 25.8. The van der Waals surface area contributed by atoms with Crippen LogP contribution in [0.4, 0.5) is 5.69 Å². The largest absolute Gasteiger partial charge is 0.507 e. The lowest BCUT2D eigenvalue weighted by Gasteiger charge is -2.29. The first kappa shape index (κ1) is 25.7. The zero-order valence-corrected chi connectivity index (χ0v) is 20.7. The number of aliphatic hydroxyl groups excluding tert-OH is 1. The Kier molecular flexibility index (Phi) is 8.02. The molecule has 0 saturated carbocycles. The summed E-state index contributed by atoms with van der Waals surface area (Å²) in [6.07, 6.45) is 1.00. The van der Waals surface area contributed by atoms with Gasteiger partial charge in [-0.3, -0.25) is 0 Å². The molecule has 3 rings (SSSR count). The fourth-order valence-electron chi connectivity index (χ4n) is 4.75. The third-order valence-corrected chi connectivity index (χ3v) is 7.73. The van der Waals surface area contributed by atoms with Crippen molar-refractivity contribution in [2.45, 2.75) is 57.3 Å². The molecule has 0 aliphatic heterocycles. The molecule has 0 heterocycles. The van der Waals surface area contributed by atoms with E-state index in [4.69, 9.17) is 10.9 Å². The summed E-state index contributed by atoms with van der Waals surface area (Å²) in [6, 6.07) is 18.6. The molecule has 0 aliphatic rings. The van der Waals surface area contributed by atoms with E-state index in [1.165, 1.54) is 24.6 Å². The van der Waals surface area contributed by atoms with E-state index in [1.807, 2.05) is 42.5 Å². The van der Waals surface area contributed by atoms with Gasteiger partial charge in [0.1, 0.15) is 11.0 Å². The van der Waals surface area contributed by atoms with Gasteiger partial charge in [-0.2, -0.15) is 0 Å². The summed E-state index contributed by atoms with van der Waals surface area (Å²) in [5.41, 5.74) is 10.5. The Balaban J connectivity index is 2.28. The van der Waals surface area contributed by atoms with Gasteiger partial charge in [0.15, 0.2) is 0 Å². The number of aliphatic hydroxyl groups is 1. The Labute approximate surface area is 202 Å². The number of anilines is 1. The zero-order chi connectivity index (χ0) is 25.0. The molecule has 0 saturated heterocycles. The molecule has 7 heteroatoms. The Morgan fingerprint density at radius 2 is 1.59 bits per heavy atom. The van der Waals surface area contributed by atoms with Crippen LogP contribution >= 0.6 is 0 Å². The van der Waals surface area contributed by atoms with Crippen molar-refractivity contribution in [1.29, 1.82) is 0 Å². The van der Waals surface area contributed by atoms with Crippen molar-refractivity contribution in [2.24, 2.45) is 5.14 Å². The zero-order valence-electron chi connectivity index (χ0n) is 19.9. The quantitative estimate of drug-likeness (QED) is 0.334. The molecule has 0 aromatic heterocycles. The summed E-state index contributed by atoms with van der Waals surface area (Å²) < 4.78 is 26.2. The van der Waals surface area contributed by atoms with E-state index in [2.05, 4.69) is 19.9 Å². The number of nitrogens with two attached hydrogens (primary N) is 2. The predicted molar refractivity (Wildman–Crippen MR) is 137 cm³/mol. The second-order valence-electron chi connectivity index (χ2n) is 8.72. The van der Waals surface area contributed by atoms with Crippen LogP contribution in [0, 0.1) is 0 Å². The first-order valence-corrected chi connectivity index (χ1v) is 13.2. The third kappa shape index (κ3) is 5.43. The maximum absolute atomic E-state index is 13.1. The number of hydrogen-bond donors (Lipinski definition) is 4. The van der Waals surface area contributed by atoms with Crippen LogP contribution in [0.2, 0.25) is 0 Å². The van der Waals surface area contributed by atoms with Crippen LogP contribution in [0.5, 0.6) is 5.75 Å². The summed E-state index contributed by atoms with van der Waals surface area (Å²) >= 11 is 0. The van der Waals surface area contributed by atoms with Gasteiger partial charge in [0.05, 0.1) is 6.10 Å². The van der Waals surface area contributed by atoms with Crippen LogP contribution in [-0.2, 0) is 29.3 Å². The van der Waals surface area contributed by atoms with E-state index < -0.39 is 27.3 Å². The van der Waals surface area contributed by atoms with Crippen molar-refractivity contribution in [2.75, 3.05) is 5.73 Å². The molecule has 3 unspecified atom stereocenters. The molecular weight excluding hydrogens is 448 g/mol. The number of phenolic OH excluding ortho intramolecular Hbond substituents is 1. The van der Waals surface area contributed by atoms with Gasteiger partial charge in [-0.25, -0.2) is 13.6 Å². The minimum atomic E-state index is -4.18. The van der Waals surface area contributed by atoms with Crippen molar-refractivity contribution in [3.63, 3.8) is 0 Å². The Morgan fingerprint density at radius 3 is 2.15 bits per heavy atom. The number of benzene rings is 3. The van der Waals surface area contributed by atoms with Crippen LogP contribution in [0.15, 0.2) is 60.7 Å². The smallest absolute Gasteiger partial charge is 0.216 e. The highest BCUT2D eigenvalue weighted by Crippen LogP contribution is 2.45. The van der Waals surface area contributed by atoms with Crippen molar-refractivity contribution in [1.82, 2.24) is 0 Å². The molecule has 6 nitrogen and oxygen atoms in total. The second-order valence-corrected chi connectivity index (χ2v) is 10.4. The molecule has 0 spiro atoms. The Morgan fingerprint density at radius 1 is 0.941 bits per heavy atom. The third-order valence-electron chi connectivity index (χ3n) is 6.44. The number of phenols is 1. The monoisotopic (exact) mass is 482 g/mol. The molecule has 0 bridgehead atoms. The van der Waals surface area contributed by atoms with E-state index in [0.717, 1.165) is 29.5 Å². The number of primary sulfonamides is 1. The molecule has 0 radical (unpaired) electrons. The van der Waals surface area contributed by atoms with Gasteiger partial charge in [-0.1, -0.05) is 68.4 Å². The molecule has 0 aliphatic carbocycles. The Hall–Kier alpha value is -2.87. The summed E-state index contributed by atoms with van der Waals surface area (Å²) in [5.74, 6) is -0.919. The normalized spacial score (nSPS) is 14.5. The molecule has 182 valence electrons. The molecule has 6 N–H and O–H groups in total. The maximum Gasteiger partial charge on any atom is 0.216 e. The van der Waals surface area contributed by atoms with Crippen LogP contribution < -0.4 is 10.9 Å². The lowest BCUT2D eigenvalue weighted by molar-refractivity contribution is 0.195. The molecule has 3 aromatic carbocycles. The van der Waals surface area contributed by atoms with Crippen molar-refractivity contribution in [3.8, 4) is 5.75 Å². The average Bonchev–Trinajstić information content (AvgIpc) is 2.79. The number of nitrogen functional groups attached to an aromatic ring is 1. The molecule has 34 heavy (non-hydrogen) atoms. The van der Waals surface area contributed by atoms with Crippen LogP contribution in [0.3, 0.4) is 0 Å². The topological polar surface area (TPSA) is 127 Å². The molecule has 3 aromatic rings. The lowest BCUT2D eigenvalue weighted by Crippen LogP contribution is -2.29. The number of rotatable bonds is 9. The lowest BCUT2D eigenvalue weighted by atomic mass is 9.83. The van der Waals surface area contributed by atoms with Crippen molar-refractivity contribution >= 4 is 15.7 Å². The van der Waals surface area contributed by atoms with Gasteiger partial charge in [0.25, 0.3) is 0 Å². The van der Waals surface area contributed by atoms with Gasteiger partial charge < -0.3 is 15.9 Å². The van der Waals surface area contributed by atoms with Crippen LogP contribution in [0.25, 0.3) is 0 Å². The van der Waals surface area contributed by atoms with Gasteiger partial charge >= 0.3 is 0 Å². The number of hydrogen-bond acceptors (Lipinski definition) is 5. The van der Waals surface area contributed by atoms with Gasteiger partial charge in [-0.15, -0.1) is 0 Å². The average molecular weight is 483 g/mol. The fraction of sp³-hybridized carbons (Fsp3) is 0.333. The standard InChI is InChI=1S/C27H34N2O4S/c1-4-19-11-12-21(16-20(19)5-2)23(15-18-9-7-6-8-10-18)27(34(29,32)33)22-13-14-24(28)25(17(3)30)26(22)31/h6-14,16-17,23,27,30-31H,4-5,15,28H2,1-3H3,(H2,29,32,33). The molecule has 0 fully saturated rings. The molecule has 3 atom stereocenters. The van der Waals surface area contributed by atoms with E-state index in [0.29, 0.717) is 6.42 Å². The highest BCUT2D eigenvalue weighted by molar-refractivity contribution is 7.89. The Bertz CT molecular complexity index is 1240. The van der Waals surface area contributed by atoms with Crippen LogP contribution in [-0.4, -0.2) is 18.6 Å². The summed E-state index contributed by atoms with van der Waals surface area (Å²) in [6.45, 7) is 5.63. The van der Waals surface area contributed by atoms with E-state index in [-0.39, 0.29) is 22.6 Å². The van der Waals surface area contributed by atoms with E-state index >= 15 is 0 Å². The summed E-state index contributed by atoms with van der Waals surface area (Å²) in [4.78, 5) is 0. The first-order chi connectivity index (χ1) is 16.1. The van der Waals surface area contributed by atoms with E-state index in [1.54, 1.807) is 0 Å². The van der Waals surface area contributed by atoms with Crippen molar-refractivity contribution < 1.29 is 18.6 Å². The summed E-state index contributed by atoms with van der Waals surface area (Å²) in [7, 11) is -4.18. The van der Waals surface area contributed by atoms with Crippen molar-refractivity contribution in [3.05, 3.63) is 94.0 Å². The minimum absolute atomic E-state index is 0.0974. The van der Waals surface area contributed by atoms with Gasteiger partial charge in [0, 0.05) is 22.7 Å². The van der Waals surface area contributed by atoms with Crippen LogP contribution in [0.1, 0.15) is 71.4 Å². The predicted octanol–water partition coefficient (Wildman–Crippen LogP) is 4.51. The number of aryl methyl sites for hydroxylation is 2. The highest BCUT2D eigenvalue weighted by atomic mass is 32.2. The number of sulfonamides is 1. The van der Waals surface area contributed by atoms with E-state index in [9.17, 15) is 18.6 Å². The van der Waals surface area contributed by atoms with Gasteiger partial charge in [0.2, 0.25) is 10.0 Å².